The van der Waals surface area contributed by atoms with Crippen LogP contribution in [0.3, 0.4) is 0 Å². The van der Waals surface area contributed by atoms with Gasteiger partial charge in [0.25, 0.3) is 0 Å². The average molecular weight is 818 g/mol. The molecule has 0 spiro atoms. The second kappa shape index (κ2) is 22.5. The van der Waals surface area contributed by atoms with Gasteiger partial charge in [0.1, 0.15) is 17.3 Å². The van der Waals surface area contributed by atoms with Gasteiger partial charge < -0.3 is 57.3 Å². The average Bonchev–Trinajstić information content (AvgIpc) is 3.40. The molecule has 1 aliphatic rings. The van der Waals surface area contributed by atoms with Gasteiger partial charge in [0.15, 0.2) is 23.0 Å². The normalized spacial score (nSPS) is 14.4. The Bertz CT molecular complexity index is 1610. The van der Waals surface area contributed by atoms with Gasteiger partial charge in [-0.15, -0.1) is 0 Å². The zero-order chi connectivity index (χ0) is 43.0. The van der Waals surface area contributed by atoms with Crippen LogP contribution in [0.1, 0.15) is 94.4 Å². The molecule has 1 fully saturated rings. The summed E-state index contributed by atoms with van der Waals surface area (Å²) in [4.78, 5) is 45.5. The molecule has 0 aliphatic carbocycles. The summed E-state index contributed by atoms with van der Waals surface area (Å²) in [5.41, 5.74) is -0.673. The van der Waals surface area contributed by atoms with Crippen molar-refractivity contribution in [1.29, 1.82) is 0 Å². The van der Waals surface area contributed by atoms with Crippen molar-refractivity contribution < 1.29 is 57.0 Å². The fourth-order valence-corrected chi connectivity index (χ4v) is 6.43. The van der Waals surface area contributed by atoms with E-state index in [0.717, 1.165) is 52.1 Å². The molecule has 1 unspecified atom stereocenters. The molecule has 3 rings (SSSR count). The molecule has 58 heavy (non-hydrogen) atoms. The van der Waals surface area contributed by atoms with Gasteiger partial charge in [-0.05, 0) is 118 Å². The molecule has 0 saturated carbocycles. The van der Waals surface area contributed by atoms with Crippen molar-refractivity contribution in [2.45, 2.75) is 91.0 Å². The number of hydrogen-bond acceptors (Lipinski definition) is 14. The van der Waals surface area contributed by atoms with Gasteiger partial charge in [-0.25, -0.2) is 14.4 Å². The van der Waals surface area contributed by atoms with E-state index in [9.17, 15) is 14.4 Å². The van der Waals surface area contributed by atoms with Crippen LogP contribution in [0.25, 0.3) is 0 Å². The molecule has 1 amide bonds. The molecule has 0 bridgehead atoms. The smallest absolute Gasteiger partial charge is 0.410 e. The molecule has 1 saturated heterocycles. The lowest BCUT2D eigenvalue weighted by molar-refractivity contribution is 0.00676. The first-order valence-corrected chi connectivity index (χ1v) is 19.9. The number of esters is 2. The summed E-state index contributed by atoms with van der Waals surface area (Å²) in [5, 5.41) is 0. The molecule has 0 aromatic heterocycles. The van der Waals surface area contributed by atoms with Crippen LogP contribution in [-0.4, -0.2) is 145 Å². The molecule has 0 N–H and O–H groups in total. The molecule has 15 heteroatoms. The number of methoxy groups -OCH3 is 5. The van der Waals surface area contributed by atoms with E-state index < -0.39 is 29.2 Å². The third kappa shape index (κ3) is 15.3. The highest BCUT2D eigenvalue weighted by Gasteiger charge is 2.25. The minimum atomic E-state index is -0.686. The second-order valence-corrected chi connectivity index (χ2v) is 16.2. The van der Waals surface area contributed by atoms with Crippen molar-refractivity contribution in [3.05, 3.63) is 35.4 Å². The highest BCUT2D eigenvalue weighted by molar-refractivity contribution is 5.92. The number of nitrogens with zero attached hydrogens (tertiary/aromatic N) is 3. The Kier molecular flexibility index (Phi) is 18.5. The fraction of sp³-hybridized carbons (Fsp3) is 0.651. The first-order valence-electron chi connectivity index (χ1n) is 19.9. The highest BCUT2D eigenvalue weighted by atomic mass is 16.6. The lowest BCUT2D eigenvalue weighted by atomic mass is 10.1. The van der Waals surface area contributed by atoms with Gasteiger partial charge >= 0.3 is 18.0 Å². The monoisotopic (exact) mass is 817 g/mol. The van der Waals surface area contributed by atoms with Crippen LogP contribution in [0.15, 0.2) is 24.3 Å². The van der Waals surface area contributed by atoms with Crippen LogP contribution in [0.5, 0.6) is 34.5 Å². The van der Waals surface area contributed by atoms with E-state index in [-0.39, 0.29) is 23.8 Å². The summed E-state index contributed by atoms with van der Waals surface area (Å²) < 4.78 is 50.9. The quantitative estimate of drug-likeness (QED) is 0.0792. The lowest BCUT2D eigenvalue weighted by Gasteiger charge is -2.26. The first-order chi connectivity index (χ1) is 27.4. The summed E-state index contributed by atoms with van der Waals surface area (Å²) in [6, 6.07) is 6.30. The summed E-state index contributed by atoms with van der Waals surface area (Å²) in [5.74, 6) is 1.07. The Labute approximate surface area is 345 Å². The number of rotatable bonds is 20. The van der Waals surface area contributed by atoms with Gasteiger partial charge in [0, 0.05) is 33.2 Å². The number of ether oxygens (including phenoxy) is 9. The molecule has 326 valence electrons. The van der Waals surface area contributed by atoms with Crippen molar-refractivity contribution >= 4 is 18.0 Å². The van der Waals surface area contributed by atoms with Crippen molar-refractivity contribution in [2.75, 3.05) is 95.0 Å². The van der Waals surface area contributed by atoms with E-state index in [4.69, 9.17) is 42.6 Å². The molecule has 1 aliphatic heterocycles. The van der Waals surface area contributed by atoms with Crippen molar-refractivity contribution in [1.82, 2.24) is 14.7 Å². The first kappa shape index (κ1) is 47.7. The van der Waals surface area contributed by atoms with Gasteiger partial charge in [-0.2, -0.15) is 0 Å². The molecule has 0 radical (unpaired) electrons. The molecule has 1 atom stereocenters. The zero-order valence-corrected chi connectivity index (χ0v) is 36.8. The lowest BCUT2D eigenvalue weighted by Crippen LogP contribution is -2.37. The fourth-order valence-electron chi connectivity index (χ4n) is 6.43. The number of hydrogen-bond donors (Lipinski definition) is 0. The number of carbonyl (C=O) groups excluding carboxylic acids is 3. The van der Waals surface area contributed by atoms with Crippen LogP contribution >= 0.6 is 0 Å². The van der Waals surface area contributed by atoms with Crippen LogP contribution in [0.4, 0.5) is 4.79 Å². The third-order valence-electron chi connectivity index (χ3n) is 9.30. The Morgan fingerprint density at radius 1 is 0.638 bits per heavy atom. The number of carbonyl (C=O) groups is 3. The number of benzene rings is 2. The molecule has 2 aromatic rings. The highest BCUT2D eigenvalue weighted by Crippen LogP contribution is 2.40. The third-order valence-corrected chi connectivity index (χ3v) is 9.30. The summed E-state index contributed by atoms with van der Waals surface area (Å²) in [6.07, 6.45) is 2.73. The Balaban J connectivity index is 1.69. The van der Waals surface area contributed by atoms with Gasteiger partial charge in [-0.3, -0.25) is 0 Å². The minimum Gasteiger partial charge on any atom is -0.493 e. The predicted octanol–water partition coefficient (Wildman–Crippen LogP) is 6.72. The topological polar surface area (TPSA) is 144 Å². The van der Waals surface area contributed by atoms with Crippen molar-refractivity contribution in [3.63, 3.8) is 0 Å². The maximum atomic E-state index is 13.7. The summed E-state index contributed by atoms with van der Waals surface area (Å²) in [6.45, 7) is 17.1. The molecular weight excluding hydrogens is 750 g/mol. The second-order valence-electron chi connectivity index (χ2n) is 16.2. The van der Waals surface area contributed by atoms with Gasteiger partial charge in [0.05, 0.1) is 53.3 Å². The van der Waals surface area contributed by atoms with Crippen LogP contribution < -0.4 is 28.4 Å². The van der Waals surface area contributed by atoms with E-state index in [1.54, 1.807) is 57.0 Å². The van der Waals surface area contributed by atoms with Crippen molar-refractivity contribution in [3.8, 4) is 34.5 Å². The SMILES string of the molecule is COc1cc(C(=O)OC(CCCOc2cc(C(=O)OC(C)(C)C)cc(OC)c2OC)CCN2CCCN(CCCN(C)C(=O)OC(C)(C)C)CC2)cc(OC)c1OC. The zero-order valence-electron chi connectivity index (χ0n) is 36.8. The maximum Gasteiger partial charge on any atom is 0.410 e. The Morgan fingerprint density at radius 2 is 1.14 bits per heavy atom. The van der Waals surface area contributed by atoms with E-state index in [1.165, 1.54) is 35.5 Å². The molecule has 1 heterocycles. The molecule has 2 aromatic carbocycles. The molecule has 15 nitrogen and oxygen atoms in total. The Morgan fingerprint density at radius 3 is 1.66 bits per heavy atom. The van der Waals surface area contributed by atoms with E-state index in [2.05, 4.69) is 9.80 Å². The largest absolute Gasteiger partial charge is 0.493 e. The minimum absolute atomic E-state index is 0.247. The predicted molar refractivity (Wildman–Crippen MR) is 220 cm³/mol. The van der Waals surface area contributed by atoms with Gasteiger partial charge in [-0.1, -0.05) is 0 Å². The van der Waals surface area contributed by atoms with Crippen LogP contribution in [0, 0.1) is 0 Å². The van der Waals surface area contributed by atoms with E-state index in [0.29, 0.717) is 60.3 Å². The maximum absolute atomic E-state index is 13.7. The summed E-state index contributed by atoms with van der Waals surface area (Å²) in [7, 11) is 9.26. The van der Waals surface area contributed by atoms with E-state index >= 15 is 0 Å². The van der Waals surface area contributed by atoms with E-state index in [1.807, 2.05) is 20.8 Å². The van der Waals surface area contributed by atoms with Crippen molar-refractivity contribution in [2.24, 2.45) is 0 Å². The standard InChI is InChI=1S/C43H67N3O12/c1-42(2,3)57-40(48)31-28-35(52-10)38(54-12)36(29-31)55-25-13-16-32(56-39(47)30-26-33(50-8)37(53-11)34(27-30)51-9)17-22-46-21-15-20-45(23-24-46)19-14-18-44(7)41(49)58-43(4,5)6/h26-29,32H,13-25H2,1-12H3. The van der Waals surface area contributed by atoms with Gasteiger partial charge in [0.2, 0.25) is 11.5 Å². The van der Waals surface area contributed by atoms with Crippen LogP contribution in [0.2, 0.25) is 0 Å². The Hall–Kier alpha value is -4.63. The molecular formula is C43H67N3O12. The van der Waals surface area contributed by atoms with Crippen LogP contribution in [-0.2, 0) is 14.2 Å². The summed E-state index contributed by atoms with van der Waals surface area (Å²) >= 11 is 0. The number of amides is 1.